The molecule has 0 radical (unpaired) electrons. The summed E-state index contributed by atoms with van der Waals surface area (Å²) in [5.74, 6) is 1.64. The number of ether oxygens (including phenoxy) is 2. The lowest BCUT2D eigenvalue weighted by molar-refractivity contribution is -0.0819. The lowest BCUT2D eigenvalue weighted by Crippen LogP contribution is -2.34. The van der Waals surface area contributed by atoms with Gasteiger partial charge >= 0.3 is 0 Å². The van der Waals surface area contributed by atoms with Gasteiger partial charge in [-0.1, -0.05) is 6.92 Å². The molecule has 17 heavy (non-hydrogen) atoms. The van der Waals surface area contributed by atoms with Crippen molar-refractivity contribution in [3.63, 3.8) is 0 Å². The first-order chi connectivity index (χ1) is 8.28. The standard InChI is InChI=1S/C11H16BrN3O2/c1-2-10-14-9(12)5-11(15-10)13-6-8-7-16-3-4-17-8/h5,8H,2-4,6-7H2,1H3,(H,13,14,15). The minimum atomic E-state index is 0.0996. The van der Waals surface area contributed by atoms with Crippen molar-refractivity contribution in [2.75, 3.05) is 31.7 Å². The van der Waals surface area contributed by atoms with Gasteiger partial charge in [0.15, 0.2) is 0 Å². The molecule has 1 atom stereocenters. The first-order valence-corrected chi connectivity index (χ1v) is 6.54. The van der Waals surface area contributed by atoms with E-state index in [1.54, 1.807) is 0 Å². The Labute approximate surface area is 109 Å². The Bertz CT molecular complexity index is 370. The molecule has 1 unspecified atom stereocenters. The number of anilines is 1. The zero-order valence-electron chi connectivity index (χ0n) is 9.78. The number of nitrogens with zero attached hydrogens (tertiary/aromatic N) is 2. The predicted molar refractivity (Wildman–Crippen MR) is 68.2 cm³/mol. The molecule has 1 aliphatic heterocycles. The second kappa shape index (κ2) is 6.28. The fourth-order valence-corrected chi connectivity index (χ4v) is 2.01. The lowest BCUT2D eigenvalue weighted by atomic mass is 10.3. The average molecular weight is 302 g/mol. The normalized spacial score (nSPS) is 20.2. The number of hydrogen-bond acceptors (Lipinski definition) is 5. The molecule has 1 aromatic heterocycles. The molecule has 1 aromatic rings. The van der Waals surface area contributed by atoms with Crippen LogP contribution in [0.1, 0.15) is 12.7 Å². The first kappa shape index (κ1) is 12.7. The first-order valence-electron chi connectivity index (χ1n) is 5.74. The molecule has 0 saturated carbocycles. The number of aromatic nitrogens is 2. The van der Waals surface area contributed by atoms with Crippen LogP contribution < -0.4 is 5.32 Å². The molecule has 0 spiro atoms. The molecular formula is C11H16BrN3O2. The monoisotopic (exact) mass is 301 g/mol. The minimum absolute atomic E-state index is 0.0996. The quantitative estimate of drug-likeness (QED) is 0.857. The van der Waals surface area contributed by atoms with Gasteiger partial charge in [0, 0.05) is 19.0 Å². The van der Waals surface area contributed by atoms with Crippen LogP contribution in [0.3, 0.4) is 0 Å². The van der Waals surface area contributed by atoms with Crippen LogP contribution in [0.4, 0.5) is 5.82 Å². The minimum Gasteiger partial charge on any atom is -0.376 e. The van der Waals surface area contributed by atoms with Crippen LogP contribution in [0.15, 0.2) is 10.7 Å². The van der Waals surface area contributed by atoms with Gasteiger partial charge in [-0.05, 0) is 15.9 Å². The van der Waals surface area contributed by atoms with Crippen molar-refractivity contribution in [2.24, 2.45) is 0 Å². The number of hydrogen-bond donors (Lipinski definition) is 1. The van der Waals surface area contributed by atoms with E-state index in [9.17, 15) is 0 Å². The lowest BCUT2D eigenvalue weighted by Gasteiger charge is -2.23. The topological polar surface area (TPSA) is 56.3 Å². The highest BCUT2D eigenvalue weighted by Crippen LogP contribution is 2.13. The van der Waals surface area contributed by atoms with Crippen molar-refractivity contribution < 1.29 is 9.47 Å². The molecule has 6 heteroatoms. The van der Waals surface area contributed by atoms with Crippen LogP contribution in [0.5, 0.6) is 0 Å². The largest absolute Gasteiger partial charge is 0.376 e. The summed E-state index contributed by atoms with van der Waals surface area (Å²) in [6.45, 7) is 4.73. The van der Waals surface area contributed by atoms with Crippen LogP contribution in [0, 0.1) is 0 Å². The molecule has 1 fully saturated rings. The molecule has 0 amide bonds. The maximum Gasteiger partial charge on any atom is 0.131 e. The third-order valence-corrected chi connectivity index (χ3v) is 2.86. The molecule has 94 valence electrons. The van der Waals surface area contributed by atoms with Gasteiger partial charge in [0.05, 0.1) is 25.9 Å². The Hall–Kier alpha value is -0.720. The fourth-order valence-electron chi connectivity index (χ4n) is 1.59. The Morgan fingerprint density at radius 3 is 3.06 bits per heavy atom. The summed E-state index contributed by atoms with van der Waals surface area (Å²) in [5.41, 5.74) is 0. The van der Waals surface area contributed by atoms with Crippen molar-refractivity contribution >= 4 is 21.7 Å². The molecule has 2 heterocycles. The Kier molecular flexibility index (Phi) is 4.70. The number of aryl methyl sites for hydroxylation is 1. The van der Waals surface area contributed by atoms with Gasteiger partial charge in [-0.2, -0.15) is 0 Å². The van der Waals surface area contributed by atoms with Crippen LogP contribution in [-0.4, -0.2) is 42.4 Å². The zero-order valence-corrected chi connectivity index (χ0v) is 11.4. The third-order valence-electron chi connectivity index (χ3n) is 2.45. The number of rotatable bonds is 4. The molecule has 1 saturated heterocycles. The molecule has 1 aliphatic rings. The molecule has 2 rings (SSSR count). The molecule has 0 bridgehead atoms. The van der Waals surface area contributed by atoms with E-state index >= 15 is 0 Å². The van der Waals surface area contributed by atoms with E-state index in [1.165, 1.54) is 0 Å². The smallest absolute Gasteiger partial charge is 0.131 e. The van der Waals surface area contributed by atoms with E-state index in [2.05, 4.69) is 31.2 Å². The van der Waals surface area contributed by atoms with Crippen LogP contribution in [0.2, 0.25) is 0 Å². The summed E-state index contributed by atoms with van der Waals surface area (Å²) >= 11 is 3.37. The third kappa shape index (κ3) is 3.90. The van der Waals surface area contributed by atoms with E-state index in [0.717, 1.165) is 22.7 Å². The summed E-state index contributed by atoms with van der Waals surface area (Å²) in [7, 11) is 0. The van der Waals surface area contributed by atoms with Crippen molar-refractivity contribution in [1.29, 1.82) is 0 Å². The van der Waals surface area contributed by atoms with Crippen LogP contribution >= 0.6 is 15.9 Å². The van der Waals surface area contributed by atoms with Gasteiger partial charge in [-0.25, -0.2) is 9.97 Å². The van der Waals surface area contributed by atoms with E-state index < -0.39 is 0 Å². The van der Waals surface area contributed by atoms with Gasteiger partial charge in [0.2, 0.25) is 0 Å². The summed E-state index contributed by atoms with van der Waals surface area (Å²) in [6, 6.07) is 1.86. The highest BCUT2D eigenvalue weighted by atomic mass is 79.9. The van der Waals surface area contributed by atoms with Gasteiger partial charge in [0.1, 0.15) is 16.2 Å². The van der Waals surface area contributed by atoms with Gasteiger partial charge in [-0.15, -0.1) is 0 Å². The summed E-state index contributed by atoms with van der Waals surface area (Å²) in [6.07, 6.45) is 0.916. The van der Waals surface area contributed by atoms with Crippen molar-refractivity contribution in [3.05, 3.63) is 16.5 Å². The fraction of sp³-hybridized carbons (Fsp3) is 0.636. The van der Waals surface area contributed by atoms with Gasteiger partial charge in [-0.3, -0.25) is 0 Å². The predicted octanol–water partition coefficient (Wildman–Crippen LogP) is 1.63. The van der Waals surface area contributed by atoms with E-state index in [-0.39, 0.29) is 6.10 Å². The molecule has 5 nitrogen and oxygen atoms in total. The molecule has 0 aliphatic carbocycles. The molecule has 0 aromatic carbocycles. The van der Waals surface area contributed by atoms with Crippen molar-refractivity contribution in [2.45, 2.75) is 19.4 Å². The van der Waals surface area contributed by atoms with E-state index in [1.807, 2.05) is 13.0 Å². The highest BCUT2D eigenvalue weighted by molar-refractivity contribution is 9.10. The SMILES string of the molecule is CCc1nc(Br)cc(NCC2COCCO2)n1. The molecule has 1 N–H and O–H groups in total. The van der Waals surface area contributed by atoms with Crippen molar-refractivity contribution in [3.8, 4) is 0 Å². The van der Waals surface area contributed by atoms with Crippen LogP contribution in [-0.2, 0) is 15.9 Å². The number of nitrogens with one attached hydrogen (secondary N) is 1. The van der Waals surface area contributed by atoms with Crippen molar-refractivity contribution in [1.82, 2.24) is 9.97 Å². The van der Waals surface area contributed by atoms with Gasteiger partial charge in [0.25, 0.3) is 0 Å². The average Bonchev–Trinajstić information content (AvgIpc) is 2.37. The van der Waals surface area contributed by atoms with Gasteiger partial charge < -0.3 is 14.8 Å². The summed E-state index contributed by atoms with van der Waals surface area (Å²) in [5, 5.41) is 3.24. The second-order valence-corrected chi connectivity index (χ2v) is 4.61. The highest BCUT2D eigenvalue weighted by Gasteiger charge is 2.14. The second-order valence-electron chi connectivity index (χ2n) is 3.79. The Balaban J connectivity index is 1.91. The summed E-state index contributed by atoms with van der Waals surface area (Å²) in [4.78, 5) is 8.64. The Morgan fingerprint density at radius 2 is 2.35 bits per heavy atom. The summed E-state index contributed by atoms with van der Waals surface area (Å²) < 4.78 is 11.7. The Morgan fingerprint density at radius 1 is 1.47 bits per heavy atom. The van der Waals surface area contributed by atoms with E-state index in [0.29, 0.717) is 26.4 Å². The molecular weight excluding hydrogens is 286 g/mol. The zero-order chi connectivity index (χ0) is 12.1. The maximum absolute atomic E-state index is 5.54. The van der Waals surface area contributed by atoms with E-state index in [4.69, 9.17) is 9.47 Å². The maximum atomic E-state index is 5.54. The number of halogens is 1. The van der Waals surface area contributed by atoms with Crippen LogP contribution in [0.25, 0.3) is 0 Å².